The topological polar surface area (TPSA) is 129 Å². The zero-order chi connectivity index (χ0) is 31.6. The van der Waals surface area contributed by atoms with Crippen LogP contribution in [0.3, 0.4) is 0 Å². The molecule has 3 N–H and O–H groups in total. The summed E-state index contributed by atoms with van der Waals surface area (Å²) in [6.07, 6.45) is 4.12. The molecule has 0 bridgehead atoms. The molecule has 0 aliphatic carbocycles. The van der Waals surface area contributed by atoms with E-state index in [4.69, 9.17) is 0 Å². The molecule has 2 heterocycles. The molecule has 0 saturated carbocycles. The van der Waals surface area contributed by atoms with Crippen LogP contribution >= 0.6 is 0 Å². The summed E-state index contributed by atoms with van der Waals surface area (Å²) in [4.78, 5) is 46.7. The second kappa shape index (κ2) is 14.8. The highest BCUT2D eigenvalue weighted by molar-refractivity contribution is 5.98. The smallest absolute Gasteiger partial charge is 0.251 e. The summed E-state index contributed by atoms with van der Waals surface area (Å²) in [5, 5.41) is 20.2. The maximum absolute atomic E-state index is 14.1. The fraction of sp³-hybridized carbons (Fsp3) is 0.343. The fourth-order valence-corrected chi connectivity index (χ4v) is 6.06. The van der Waals surface area contributed by atoms with Gasteiger partial charge in [-0.15, -0.1) is 0 Å². The van der Waals surface area contributed by atoms with Crippen molar-refractivity contribution >= 4 is 17.7 Å². The minimum absolute atomic E-state index is 0.00223. The first-order valence-electron chi connectivity index (χ1n) is 15.4. The summed E-state index contributed by atoms with van der Waals surface area (Å²) in [6, 6.07) is 26.6. The lowest BCUT2D eigenvalue weighted by Gasteiger charge is -2.43. The largest absolute Gasteiger partial charge is 0.393 e. The third-order valence-corrected chi connectivity index (χ3v) is 8.48. The molecular formula is C35H40N6O4. The fourth-order valence-electron chi connectivity index (χ4n) is 6.06. The Hall–Kier alpha value is -4.83. The van der Waals surface area contributed by atoms with Gasteiger partial charge in [-0.2, -0.15) is 5.10 Å². The SMILES string of the molecule is CC(O)CC(NC(=O)c1ccccc1)C(=O)NC(Cc1ccccc1)C(=O)N1CCC(Cn2cncn2)(c2ccccc2)CC1. The molecule has 3 aromatic carbocycles. The zero-order valence-electron chi connectivity index (χ0n) is 25.5. The summed E-state index contributed by atoms with van der Waals surface area (Å²) < 4.78 is 1.84. The summed E-state index contributed by atoms with van der Waals surface area (Å²) in [5.74, 6) is -1.13. The van der Waals surface area contributed by atoms with E-state index in [0.29, 0.717) is 44.5 Å². The van der Waals surface area contributed by atoms with E-state index in [1.165, 1.54) is 11.9 Å². The molecule has 3 unspecified atom stereocenters. The Kier molecular flexibility index (Phi) is 10.4. The Morgan fingerprint density at radius 1 is 0.867 bits per heavy atom. The first-order valence-corrected chi connectivity index (χ1v) is 15.4. The minimum Gasteiger partial charge on any atom is -0.393 e. The van der Waals surface area contributed by atoms with Gasteiger partial charge in [0.15, 0.2) is 0 Å². The van der Waals surface area contributed by atoms with Crippen molar-refractivity contribution in [3.05, 3.63) is 120 Å². The van der Waals surface area contributed by atoms with Crippen molar-refractivity contribution in [2.45, 2.75) is 62.8 Å². The second-order valence-electron chi connectivity index (χ2n) is 11.8. The highest BCUT2D eigenvalue weighted by Gasteiger charge is 2.40. The molecule has 5 rings (SSSR count). The molecule has 4 aromatic rings. The third kappa shape index (κ3) is 8.21. The molecule has 234 valence electrons. The predicted molar refractivity (Wildman–Crippen MR) is 170 cm³/mol. The summed E-state index contributed by atoms with van der Waals surface area (Å²) >= 11 is 0. The van der Waals surface area contributed by atoms with Gasteiger partial charge in [0.2, 0.25) is 11.8 Å². The lowest BCUT2D eigenvalue weighted by molar-refractivity contribution is -0.138. The van der Waals surface area contributed by atoms with E-state index in [1.807, 2.05) is 58.1 Å². The van der Waals surface area contributed by atoms with Gasteiger partial charge in [-0.25, -0.2) is 4.98 Å². The van der Waals surface area contributed by atoms with Gasteiger partial charge in [0.05, 0.1) is 12.6 Å². The van der Waals surface area contributed by atoms with Crippen LogP contribution in [0, 0.1) is 0 Å². The van der Waals surface area contributed by atoms with Crippen molar-refractivity contribution in [1.82, 2.24) is 30.3 Å². The molecule has 1 aliphatic rings. The van der Waals surface area contributed by atoms with Crippen LogP contribution in [0.25, 0.3) is 0 Å². The van der Waals surface area contributed by atoms with Crippen LogP contribution in [0.2, 0.25) is 0 Å². The van der Waals surface area contributed by atoms with Crippen LogP contribution in [0.5, 0.6) is 0 Å². The Morgan fingerprint density at radius 2 is 1.49 bits per heavy atom. The van der Waals surface area contributed by atoms with Gasteiger partial charge < -0.3 is 20.6 Å². The number of aromatic nitrogens is 3. The number of nitrogens with one attached hydrogen (secondary N) is 2. The van der Waals surface area contributed by atoms with Crippen molar-refractivity contribution in [3.63, 3.8) is 0 Å². The highest BCUT2D eigenvalue weighted by atomic mass is 16.3. The summed E-state index contributed by atoms with van der Waals surface area (Å²) in [5.41, 5.74) is 2.27. The van der Waals surface area contributed by atoms with E-state index < -0.39 is 30.0 Å². The molecular weight excluding hydrogens is 568 g/mol. The van der Waals surface area contributed by atoms with E-state index in [-0.39, 0.29) is 17.7 Å². The van der Waals surface area contributed by atoms with E-state index >= 15 is 0 Å². The molecule has 1 aliphatic heterocycles. The summed E-state index contributed by atoms with van der Waals surface area (Å²) in [7, 11) is 0. The van der Waals surface area contributed by atoms with Crippen LogP contribution in [0.1, 0.15) is 47.7 Å². The number of hydrogen-bond donors (Lipinski definition) is 3. The van der Waals surface area contributed by atoms with E-state index in [9.17, 15) is 19.5 Å². The molecule has 3 atom stereocenters. The maximum atomic E-state index is 14.1. The monoisotopic (exact) mass is 608 g/mol. The lowest BCUT2D eigenvalue weighted by atomic mass is 9.72. The van der Waals surface area contributed by atoms with E-state index in [2.05, 4.69) is 32.8 Å². The van der Waals surface area contributed by atoms with Crippen LogP contribution in [0.4, 0.5) is 0 Å². The van der Waals surface area contributed by atoms with Gasteiger partial charge in [0, 0.05) is 36.9 Å². The Bertz CT molecular complexity index is 1520. The lowest BCUT2D eigenvalue weighted by Crippen LogP contribution is -2.57. The number of aliphatic hydroxyl groups excluding tert-OH is 1. The molecule has 1 saturated heterocycles. The van der Waals surface area contributed by atoms with Crippen LogP contribution in [-0.2, 0) is 28.0 Å². The number of benzene rings is 3. The Morgan fingerprint density at radius 3 is 2.09 bits per heavy atom. The standard InChI is InChI=1S/C35H40N6O4/c1-26(42)21-30(38-32(43)28-13-7-3-8-14-28)33(44)39-31(22-27-11-5-2-6-12-27)34(45)40-19-17-35(18-20-40,23-41-25-36-24-37-41)29-15-9-4-10-16-29/h2-16,24-26,30-31,42H,17-23H2,1H3,(H,38,43)(H,39,44). The number of aliphatic hydroxyl groups is 1. The first kappa shape index (κ1) is 31.6. The highest BCUT2D eigenvalue weighted by Crippen LogP contribution is 2.37. The van der Waals surface area contributed by atoms with Gasteiger partial charge in [0.25, 0.3) is 5.91 Å². The molecule has 1 aromatic heterocycles. The van der Waals surface area contributed by atoms with Crippen molar-refractivity contribution in [1.29, 1.82) is 0 Å². The zero-order valence-corrected chi connectivity index (χ0v) is 25.5. The van der Waals surface area contributed by atoms with Crippen molar-refractivity contribution in [3.8, 4) is 0 Å². The maximum Gasteiger partial charge on any atom is 0.251 e. The number of hydrogen-bond acceptors (Lipinski definition) is 6. The number of carbonyl (C=O) groups excluding carboxylic acids is 3. The minimum atomic E-state index is -1.03. The van der Waals surface area contributed by atoms with Crippen molar-refractivity contribution in [2.75, 3.05) is 13.1 Å². The molecule has 10 nitrogen and oxygen atoms in total. The normalized spacial score (nSPS) is 16.3. The molecule has 10 heteroatoms. The van der Waals surface area contributed by atoms with Crippen molar-refractivity contribution < 1.29 is 19.5 Å². The summed E-state index contributed by atoms with van der Waals surface area (Å²) in [6.45, 7) is 3.22. The van der Waals surface area contributed by atoms with E-state index in [0.717, 1.165) is 5.56 Å². The molecule has 45 heavy (non-hydrogen) atoms. The molecule has 0 radical (unpaired) electrons. The van der Waals surface area contributed by atoms with E-state index in [1.54, 1.807) is 43.6 Å². The average molecular weight is 609 g/mol. The Balaban J connectivity index is 1.33. The van der Waals surface area contributed by atoms with Gasteiger partial charge in [0.1, 0.15) is 24.7 Å². The van der Waals surface area contributed by atoms with Gasteiger partial charge in [-0.05, 0) is 43.0 Å². The number of nitrogens with zero attached hydrogens (tertiary/aromatic N) is 4. The van der Waals surface area contributed by atoms with Crippen LogP contribution in [-0.4, -0.2) is 73.8 Å². The number of amides is 3. The van der Waals surface area contributed by atoms with Crippen LogP contribution < -0.4 is 10.6 Å². The van der Waals surface area contributed by atoms with Gasteiger partial charge in [-0.1, -0.05) is 78.9 Å². The molecule has 3 amide bonds. The average Bonchev–Trinajstić information content (AvgIpc) is 3.58. The van der Waals surface area contributed by atoms with Gasteiger partial charge in [-0.3, -0.25) is 19.1 Å². The second-order valence-corrected chi connectivity index (χ2v) is 11.8. The number of piperidine rings is 1. The molecule has 1 fully saturated rings. The molecule has 0 spiro atoms. The third-order valence-electron chi connectivity index (χ3n) is 8.48. The predicted octanol–water partition coefficient (Wildman–Crippen LogP) is 3.14. The number of likely N-dealkylation sites (tertiary alicyclic amines) is 1. The Labute approximate surface area is 263 Å². The quantitative estimate of drug-likeness (QED) is 0.227. The number of carbonyl (C=O) groups is 3. The number of rotatable bonds is 12. The van der Waals surface area contributed by atoms with Crippen LogP contribution in [0.15, 0.2) is 104 Å². The first-order chi connectivity index (χ1) is 21.8. The van der Waals surface area contributed by atoms with Gasteiger partial charge >= 0.3 is 0 Å². The van der Waals surface area contributed by atoms with Crippen molar-refractivity contribution in [2.24, 2.45) is 0 Å².